The Morgan fingerprint density at radius 3 is 2.02 bits per heavy atom. The summed E-state index contributed by atoms with van der Waals surface area (Å²) in [5.41, 5.74) is 13.7. The molecule has 1 spiro atoms. The molecule has 0 amide bonds. The Bertz CT molecular complexity index is 2340. The zero-order chi connectivity index (χ0) is 33.6. The highest BCUT2D eigenvalue weighted by atomic mass is 32.1. The van der Waals surface area contributed by atoms with Gasteiger partial charge in [0.15, 0.2) is 0 Å². The summed E-state index contributed by atoms with van der Waals surface area (Å²) in [7, 11) is 0. The molecule has 4 saturated carbocycles. The molecule has 1 aromatic heterocycles. The molecular formula is C48H47NS. The second-order valence-electron chi connectivity index (χ2n) is 18.0. The van der Waals surface area contributed by atoms with E-state index in [0.717, 1.165) is 23.7 Å². The summed E-state index contributed by atoms with van der Waals surface area (Å²) in [4.78, 5) is 2.70. The zero-order valence-corrected chi connectivity index (χ0v) is 30.7. The van der Waals surface area contributed by atoms with Crippen LogP contribution >= 0.6 is 11.3 Å². The smallest absolute Gasteiger partial charge is 0.0640 e. The predicted molar refractivity (Wildman–Crippen MR) is 213 cm³/mol. The van der Waals surface area contributed by atoms with Gasteiger partial charge in [-0.25, -0.2) is 0 Å². The van der Waals surface area contributed by atoms with E-state index in [-0.39, 0.29) is 16.2 Å². The van der Waals surface area contributed by atoms with Crippen LogP contribution in [0.2, 0.25) is 0 Å². The maximum Gasteiger partial charge on any atom is 0.0640 e. The molecule has 0 unspecified atom stereocenters. The third-order valence-electron chi connectivity index (χ3n) is 14.5. The molecule has 1 heterocycles. The number of benzene rings is 5. The molecule has 0 saturated heterocycles. The van der Waals surface area contributed by atoms with Crippen molar-refractivity contribution in [3.8, 4) is 11.1 Å². The van der Waals surface area contributed by atoms with Gasteiger partial charge in [0.1, 0.15) is 0 Å². The highest BCUT2D eigenvalue weighted by Crippen LogP contribution is 2.70. The molecule has 6 aliphatic carbocycles. The van der Waals surface area contributed by atoms with Crippen molar-refractivity contribution in [2.24, 2.45) is 23.7 Å². The monoisotopic (exact) mass is 669 g/mol. The van der Waals surface area contributed by atoms with Gasteiger partial charge >= 0.3 is 0 Å². The summed E-state index contributed by atoms with van der Waals surface area (Å²) in [6, 6.07) is 40.5. The van der Waals surface area contributed by atoms with Gasteiger partial charge in [0.05, 0.1) is 16.1 Å². The van der Waals surface area contributed by atoms with E-state index in [0.29, 0.717) is 0 Å². The van der Waals surface area contributed by atoms with Crippen LogP contribution in [0.1, 0.15) is 94.9 Å². The Hall–Kier alpha value is -3.88. The van der Waals surface area contributed by atoms with Crippen LogP contribution in [-0.2, 0) is 16.2 Å². The van der Waals surface area contributed by atoms with Gasteiger partial charge in [0.25, 0.3) is 0 Å². The first-order valence-corrected chi connectivity index (χ1v) is 20.1. The molecule has 0 radical (unpaired) electrons. The number of hydrogen-bond donors (Lipinski definition) is 0. The lowest BCUT2D eigenvalue weighted by molar-refractivity contribution is -0.0399. The fourth-order valence-electron chi connectivity index (χ4n) is 12.5. The van der Waals surface area contributed by atoms with Crippen LogP contribution in [0.15, 0.2) is 103 Å². The van der Waals surface area contributed by atoms with Crippen molar-refractivity contribution < 1.29 is 0 Å². The average molecular weight is 670 g/mol. The number of nitrogens with zero attached hydrogens (tertiary/aromatic N) is 1. The van der Waals surface area contributed by atoms with Crippen molar-refractivity contribution in [2.75, 3.05) is 4.90 Å². The number of anilines is 3. The molecule has 5 aromatic carbocycles. The molecule has 250 valence electrons. The predicted octanol–water partition coefficient (Wildman–Crippen LogP) is 13.6. The molecule has 50 heavy (non-hydrogen) atoms. The summed E-state index contributed by atoms with van der Waals surface area (Å²) < 4.78 is 2.75. The normalized spacial score (nSPS) is 27.8. The van der Waals surface area contributed by atoms with Crippen LogP contribution < -0.4 is 4.90 Å². The second kappa shape index (κ2) is 10.1. The fourth-order valence-corrected chi connectivity index (χ4v) is 13.7. The SMILES string of the molecule is CC1(C)CCC(C)(C)c2c(N(c3ccc4c(c3)C3(c5ccccc5-4)C4CC5CC(C4)CC3C5)c3cccc4c3sc3ccccc34)cccc21. The van der Waals surface area contributed by atoms with Gasteiger partial charge in [-0.05, 0) is 143 Å². The lowest BCUT2D eigenvalue weighted by atomic mass is 9.43. The quantitative estimate of drug-likeness (QED) is 0.181. The average Bonchev–Trinajstić information content (AvgIpc) is 3.64. The minimum absolute atomic E-state index is 0.0728. The van der Waals surface area contributed by atoms with Gasteiger partial charge in [0.2, 0.25) is 0 Å². The van der Waals surface area contributed by atoms with E-state index in [1.165, 1.54) is 104 Å². The molecule has 4 fully saturated rings. The van der Waals surface area contributed by atoms with Crippen molar-refractivity contribution in [1.29, 1.82) is 0 Å². The molecule has 6 aromatic rings. The van der Waals surface area contributed by atoms with Crippen LogP contribution in [-0.4, -0.2) is 0 Å². The standard InChI is InChI=1S/C48H47NS/c1-46(2)21-22-47(3,4)44-39(46)15-10-16-41(44)49(42-17-9-13-37-36-12-6-8-18-43(36)50-45(37)42)33-19-20-35-34-11-5-7-14-38(34)48(40(35)28-33)31-24-29-23-30(26-31)27-32(48)25-29/h5-20,28-32H,21-27H2,1-4H3. The first-order valence-electron chi connectivity index (χ1n) is 19.3. The fraction of sp³-hybridized carbons (Fsp3) is 0.375. The van der Waals surface area contributed by atoms with Crippen LogP contribution in [0.4, 0.5) is 17.1 Å². The van der Waals surface area contributed by atoms with Gasteiger partial charge < -0.3 is 4.90 Å². The number of fused-ring (bicyclic) bond motifs is 7. The van der Waals surface area contributed by atoms with Gasteiger partial charge in [-0.3, -0.25) is 0 Å². The van der Waals surface area contributed by atoms with Crippen LogP contribution in [0.3, 0.4) is 0 Å². The topological polar surface area (TPSA) is 3.24 Å². The van der Waals surface area contributed by atoms with Crippen LogP contribution in [0.5, 0.6) is 0 Å². The molecule has 0 N–H and O–H groups in total. The van der Waals surface area contributed by atoms with Gasteiger partial charge in [0, 0.05) is 26.6 Å². The van der Waals surface area contributed by atoms with Gasteiger partial charge in [-0.15, -0.1) is 11.3 Å². The Labute approximate surface area is 301 Å². The molecule has 2 heteroatoms. The van der Waals surface area contributed by atoms with Crippen molar-refractivity contribution in [1.82, 2.24) is 0 Å². The summed E-state index contributed by atoms with van der Waals surface area (Å²) in [5.74, 6) is 3.37. The third-order valence-corrected chi connectivity index (χ3v) is 15.7. The molecule has 0 aliphatic heterocycles. The van der Waals surface area contributed by atoms with E-state index in [1.54, 1.807) is 11.1 Å². The summed E-state index contributed by atoms with van der Waals surface area (Å²) >= 11 is 1.96. The van der Waals surface area contributed by atoms with E-state index in [9.17, 15) is 0 Å². The number of hydrogen-bond acceptors (Lipinski definition) is 2. The van der Waals surface area contributed by atoms with E-state index in [2.05, 4.69) is 136 Å². The Kier molecular flexibility index (Phi) is 6.04. The Morgan fingerprint density at radius 1 is 0.560 bits per heavy atom. The minimum Gasteiger partial charge on any atom is -0.309 e. The molecule has 12 rings (SSSR count). The third kappa shape index (κ3) is 3.84. The first kappa shape index (κ1) is 29.8. The highest BCUT2D eigenvalue weighted by molar-refractivity contribution is 7.26. The summed E-state index contributed by atoms with van der Waals surface area (Å²) in [6.45, 7) is 9.91. The lowest BCUT2D eigenvalue weighted by Crippen LogP contribution is -2.55. The first-order chi connectivity index (χ1) is 24.2. The molecule has 0 atom stereocenters. The summed E-state index contributed by atoms with van der Waals surface area (Å²) in [6.07, 6.45) is 9.52. The van der Waals surface area contributed by atoms with E-state index in [1.807, 2.05) is 11.3 Å². The van der Waals surface area contributed by atoms with Gasteiger partial charge in [-0.2, -0.15) is 0 Å². The van der Waals surface area contributed by atoms with Crippen molar-refractivity contribution in [3.63, 3.8) is 0 Å². The Balaban J connectivity index is 1.21. The Morgan fingerprint density at radius 2 is 1.20 bits per heavy atom. The molecule has 1 nitrogen and oxygen atoms in total. The van der Waals surface area contributed by atoms with E-state index >= 15 is 0 Å². The van der Waals surface area contributed by atoms with Crippen molar-refractivity contribution in [3.05, 3.63) is 125 Å². The second-order valence-corrected chi connectivity index (χ2v) is 19.1. The minimum atomic E-state index is 0.0728. The summed E-state index contributed by atoms with van der Waals surface area (Å²) in [5, 5.41) is 2.73. The zero-order valence-electron chi connectivity index (χ0n) is 29.9. The van der Waals surface area contributed by atoms with Crippen LogP contribution in [0, 0.1) is 23.7 Å². The number of thiophene rings is 1. The van der Waals surface area contributed by atoms with E-state index in [4.69, 9.17) is 0 Å². The van der Waals surface area contributed by atoms with Gasteiger partial charge in [-0.1, -0.05) is 100 Å². The molecule has 4 bridgehead atoms. The van der Waals surface area contributed by atoms with Crippen molar-refractivity contribution in [2.45, 2.75) is 88.9 Å². The molecular weight excluding hydrogens is 623 g/mol. The van der Waals surface area contributed by atoms with Crippen molar-refractivity contribution >= 4 is 48.6 Å². The maximum atomic E-state index is 2.70. The number of rotatable bonds is 3. The maximum absolute atomic E-state index is 2.70. The largest absolute Gasteiger partial charge is 0.309 e. The molecule has 6 aliphatic rings. The van der Waals surface area contributed by atoms with E-state index < -0.39 is 0 Å². The highest BCUT2D eigenvalue weighted by Gasteiger charge is 2.61. The lowest BCUT2D eigenvalue weighted by Gasteiger charge is -2.61. The van der Waals surface area contributed by atoms with Crippen LogP contribution in [0.25, 0.3) is 31.3 Å².